The number of hydrogen-bond acceptors (Lipinski definition) is 4. The fourth-order valence-electron chi connectivity index (χ4n) is 0.697. The van der Waals surface area contributed by atoms with Crippen LogP contribution in [0, 0.1) is 0 Å². The summed E-state index contributed by atoms with van der Waals surface area (Å²) in [6, 6.07) is 0. The molecule has 94 valence electrons. The maximum atomic E-state index is 11.6. The molecule has 0 N–H and O–H groups in total. The third-order valence-electron chi connectivity index (χ3n) is 1.37. The molecule has 0 radical (unpaired) electrons. The van der Waals surface area contributed by atoms with Gasteiger partial charge in [-0.2, -0.15) is 0 Å². The van der Waals surface area contributed by atoms with Gasteiger partial charge in [-0.3, -0.25) is 0 Å². The van der Waals surface area contributed by atoms with Crippen molar-refractivity contribution in [2.45, 2.75) is 37.4 Å². The Balaban J connectivity index is 4.52. The summed E-state index contributed by atoms with van der Waals surface area (Å²) in [6.45, 7) is 7.12. The summed E-state index contributed by atoms with van der Waals surface area (Å²) in [4.78, 5) is 11.6. The van der Waals surface area contributed by atoms with Crippen molar-refractivity contribution >= 4 is 37.0 Å². The first-order valence-electron chi connectivity index (χ1n) is 4.75. The van der Waals surface area contributed by atoms with Crippen molar-refractivity contribution in [1.82, 2.24) is 0 Å². The Bertz CT molecular complexity index is 273. The zero-order chi connectivity index (χ0) is 13.0. The average molecular weight is 290 g/mol. The van der Waals surface area contributed by atoms with Crippen molar-refractivity contribution in [2.24, 2.45) is 0 Å². The van der Waals surface area contributed by atoms with Gasteiger partial charge in [0.25, 0.3) is 0 Å². The van der Waals surface area contributed by atoms with Crippen LogP contribution in [0.15, 0.2) is 0 Å². The van der Waals surface area contributed by atoms with Gasteiger partial charge in [0.2, 0.25) is 6.35 Å². The smallest absolute Gasteiger partial charge is 0.418 e. The Morgan fingerprint density at radius 1 is 1.31 bits per heavy atom. The quantitative estimate of drug-likeness (QED) is 0.443. The van der Waals surface area contributed by atoms with E-state index in [1.807, 2.05) is 0 Å². The van der Waals surface area contributed by atoms with Crippen LogP contribution >= 0.6 is 31.0 Å². The molecule has 0 aromatic rings. The van der Waals surface area contributed by atoms with Gasteiger partial charge >= 0.3 is 17.8 Å². The van der Waals surface area contributed by atoms with Crippen LogP contribution in [0.5, 0.6) is 0 Å². The van der Waals surface area contributed by atoms with Crippen molar-refractivity contribution in [3.8, 4) is 0 Å². The largest absolute Gasteiger partial charge is 0.454 e. The van der Waals surface area contributed by atoms with E-state index < -0.39 is 23.4 Å². The van der Waals surface area contributed by atoms with E-state index >= 15 is 0 Å². The number of carbonyl (C=O) groups is 1. The number of halogens is 2. The predicted octanol–water partition coefficient (Wildman–Crippen LogP) is 3.28. The first-order chi connectivity index (χ1) is 7.11. The first kappa shape index (κ1) is 16.1. The molecule has 0 aliphatic carbocycles. The summed E-state index contributed by atoms with van der Waals surface area (Å²) in [5.74, 6) is -0.913. The summed E-state index contributed by atoms with van der Waals surface area (Å²) >= 11 is 11.4. The maximum Gasteiger partial charge on any atom is 0.418 e. The van der Waals surface area contributed by atoms with Crippen LogP contribution in [-0.4, -0.2) is 28.6 Å². The highest BCUT2D eigenvalue weighted by atomic mass is 35.5. The lowest BCUT2D eigenvalue weighted by Gasteiger charge is -2.20. The Hall–Kier alpha value is 0.110. The summed E-state index contributed by atoms with van der Waals surface area (Å²) < 4.78 is 19.4. The summed E-state index contributed by atoms with van der Waals surface area (Å²) in [5.41, 5.74) is -0.728. The molecule has 0 aromatic carbocycles. The third kappa shape index (κ3) is 5.44. The summed E-state index contributed by atoms with van der Waals surface area (Å²) in [6.07, 6.45) is -0.169. The molecule has 0 bridgehead atoms. The van der Waals surface area contributed by atoms with Gasteiger partial charge in [-0.25, -0.2) is 4.79 Å². The molecule has 0 saturated carbocycles. The number of hydrogen-bond donors (Lipinski definition) is 0. The highest BCUT2D eigenvalue weighted by Crippen LogP contribution is 2.47. The van der Waals surface area contributed by atoms with Crippen LogP contribution in [0.2, 0.25) is 0 Å². The van der Waals surface area contributed by atoms with Gasteiger partial charge in [0.1, 0.15) is 5.60 Å². The van der Waals surface area contributed by atoms with Crippen LogP contribution < -0.4 is 0 Å². The summed E-state index contributed by atoms with van der Waals surface area (Å²) in [7, 11) is -2.24. The topological polar surface area (TPSA) is 52.6 Å². The van der Waals surface area contributed by atoms with Gasteiger partial charge in [-0.1, -0.05) is 4.57 Å². The third-order valence-corrected chi connectivity index (χ3v) is 4.04. The van der Waals surface area contributed by atoms with Crippen LogP contribution in [0.4, 0.5) is 0 Å². The molecule has 16 heavy (non-hydrogen) atoms. The van der Waals surface area contributed by atoms with Crippen LogP contribution in [0.1, 0.15) is 27.7 Å². The molecule has 1 atom stereocenters. The van der Waals surface area contributed by atoms with Crippen molar-refractivity contribution in [3.63, 3.8) is 0 Å². The molecule has 0 aliphatic rings. The lowest BCUT2D eigenvalue weighted by Crippen LogP contribution is -2.33. The molecule has 0 amide bonds. The molecule has 0 aliphatic heterocycles. The van der Waals surface area contributed by atoms with Crippen molar-refractivity contribution in [1.29, 1.82) is 0 Å². The highest BCUT2D eigenvalue weighted by molar-refractivity contribution is 7.53. The van der Waals surface area contributed by atoms with Crippen LogP contribution in [-0.2, 0) is 18.8 Å². The van der Waals surface area contributed by atoms with E-state index in [1.165, 1.54) is 0 Å². The van der Waals surface area contributed by atoms with E-state index in [1.54, 1.807) is 27.7 Å². The van der Waals surface area contributed by atoms with Crippen LogP contribution in [0.3, 0.4) is 0 Å². The molecular weight excluding hydrogens is 274 g/mol. The monoisotopic (exact) mass is 289 g/mol. The minimum Gasteiger partial charge on any atom is -0.454 e. The van der Waals surface area contributed by atoms with E-state index in [-0.39, 0.29) is 6.35 Å². The van der Waals surface area contributed by atoms with Crippen molar-refractivity contribution in [3.05, 3.63) is 0 Å². The minimum atomic E-state index is -2.24. The number of alkyl halides is 2. The molecule has 7 heteroatoms. The lowest BCUT2D eigenvalue weighted by atomic mass is 10.2. The first-order valence-corrected chi connectivity index (χ1v) is 6.95. The lowest BCUT2D eigenvalue weighted by molar-refractivity contribution is -0.153. The minimum absolute atomic E-state index is 0.169. The Morgan fingerprint density at radius 3 is 2.19 bits per heavy atom. The number of carbonyl (C=O) groups excluding carboxylic acids is 1. The maximum absolute atomic E-state index is 11.6. The molecule has 0 spiro atoms. The fourth-order valence-corrected chi connectivity index (χ4v) is 1.83. The Morgan fingerprint density at radius 2 is 1.81 bits per heavy atom. The molecule has 0 aromatic heterocycles. The second-order valence-electron chi connectivity index (χ2n) is 4.04. The zero-order valence-corrected chi connectivity index (χ0v) is 12.2. The standard InChI is InChI=1S/C9H16Cl2O4P/c1-5-14-6-16(13)9(10,11)7(12)15-8(2,3)4/h5-6H2,1-4H3/q+1. The van der Waals surface area contributed by atoms with E-state index in [2.05, 4.69) is 0 Å². The van der Waals surface area contributed by atoms with Crippen molar-refractivity contribution in [2.75, 3.05) is 13.0 Å². The van der Waals surface area contributed by atoms with Gasteiger partial charge in [-0.05, 0) is 50.9 Å². The van der Waals surface area contributed by atoms with Gasteiger partial charge < -0.3 is 9.47 Å². The number of rotatable bonds is 5. The molecule has 0 rings (SSSR count). The Labute approximate surface area is 106 Å². The molecule has 0 heterocycles. The number of esters is 1. The predicted molar refractivity (Wildman–Crippen MR) is 64.4 cm³/mol. The Kier molecular flexibility index (Phi) is 6.20. The van der Waals surface area contributed by atoms with E-state index in [0.717, 1.165) is 0 Å². The van der Waals surface area contributed by atoms with E-state index in [9.17, 15) is 9.36 Å². The summed E-state index contributed by atoms with van der Waals surface area (Å²) in [5, 5.41) is 0. The van der Waals surface area contributed by atoms with Crippen LogP contribution in [0.25, 0.3) is 0 Å². The molecular formula is C9H16Cl2O4P+. The van der Waals surface area contributed by atoms with Gasteiger partial charge in [-0.15, -0.1) is 0 Å². The number of ether oxygens (including phenoxy) is 2. The van der Waals surface area contributed by atoms with E-state index in [4.69, 9.17) is 32.7 Å². The molecule has 0 saturated heterocycles. The van der Waals surface area contributed by atoms with Crippen molar-refractivity contribution < 1.29 is 18.8 Å². The van der Waals surface area contributed by atoms with E-state index in [0.29, 0.717) is 6.61 Å². The van der Waals surface area contributed by atoms with Gasteiger partial charge in [0.05, 0.1) is 0 Å². The second kappa shape index (κ2) is 6.15. The second-order valence-corrected chi connectivity index (χ2v) is 7.58. The SMILES string of the molecule is CCOC[P+](=O)C(Cl)(Cl)C(=O)OC(C)(C)C. The molecule has 4 nitrogen and oxygen atoms in total. The fraction of sp³-hybridized carbons (Fsp3) is 0.889. The normalized spacial score (nSPS) is 13.5. The highest BCUT2D eigenvalue weighted by Gasteiger charge is 2.55. The van der Waals surface area contributed by atoms with Gasteiger partial charge in [0, 0.05) is 6.61 Å². The molecule has 1 unspecified atom stereocenters. The average Bonchev–Trinajstić information content (AvgIpc) is 2.11. The molecule has 0 fully saturated rings. The zero-order valence-electron chi connectivity index (χ0n) is 9.75. The van der Waals surface area contributed by atoms with Gasteiger partial charge in [0.15, 0.2) is 0 Å².